The maximum Gasteiger partial charge on any atom is 0.135 e. The van der Waals surface area contributed by atoms with Gasteiger partial charge in [-0.3, -0.25) is 4.21 Å². The van der Waals surface area contributed by atoms with Gasteiger partial charge in [0.25, 0.3) is 0 Å². The van der Waals surface area contributed by atoms with Gasteiger partial charge in [-0.15, -0.1) is 5.10 Å². The van der Waals surface area contributed by atoms with Gasteiger partial charge in [0.15, 0.2) is 0 Å². The fourth-order valence-corrected chi connectivity index (χ4v) is 2.73. The van der Waals surface area contributed by atoms with Crippen molar-refractivity contribution < 1.29 is 4.21 Å². The van der Waals surface area contributed by atoms with Crippen LogP contribution in [0.5, 0.6) is 0 Å². The van der Waals surface area contributed by atoms with E-state index in [2.05, 4.69) is 9.59 Å². The molecule has 1 aromatic heterocycles. The molecule has 0 N–H and O–H groups in total. The molecule has 0 spiro atoms. The molecule has 1 rings (SSSR count). The van der Waals surface area contributed by atoms with Crippen molar-refractivity contribution in [3.05, 3.63) is 5.69 Å². The molecular weight excluding hydrogens is 180 g/mol. The van der Waals surface area contributed by atoms with Crippen molar-refractivity contribution in [2.45, 2.75) is 24.5 Å². The van der Waals surface area contributed by atoms with Gasteiger partial charge in [0.2, 0.25) is 0 Å². The highest BCUT2D eigenvalue weighted by Crippen LogP contribution is 2.14. The molecular formula is C6H10N2OS2. The highest BCUT2D eigenvalue weighted by atomic mass is 32.2. The lowest BCUT2D eigenvalue weighted by molar-refractivity contribution is 0.682. The second-order valence-corrected chi connectivity index (χ2v) is 4.72. The van der Waals surface area contributed by atoms with Gasteiger partial charge < -0.3 is 0 Å². The Morgan fingerprint density at radius 2 is 2.36 bits per heavy atom. The maximum absolute atomic E-state index is 11.4. The first kappa shape index (κ1) is 8.80. The van der Waals surface area contributed by atoms with Crippen LogP contribution in [0.2, 0.25) is 0 Å². The summed E-state index contributed by atoms with van der Waals surface area (Å²) in [6.07, 6.45) is 0.934. The van der Waals surface area contributed by atoms with Crippen LogP contribution >= 0.6 is 11.5 Å². The summed E-state index contributed by atoms with van der Waals surface area (Å²) in [5, 5.41) is 3.80. The van der Waals surface area contributed by atoms with E-state index in [1.807, 2.05) is 13.8 Å². The Balaban J connectivity index is 2.76. The van der Waals surface area contributed by atoms with Gasteiger partial charge in [0, 0.05) is 5.75 Å². The highest BCUT2D eigenvalue weighted by Gasteiger charge is 2.09. The lowest BCUT2D eigenvalue weighted by Gasteiger charge is -1.93. The molecule has 5 heteroatoms. The highest BCUT2D eigenvalue weighted by molar-refractivity contribution is 7.87. The Hall–Kier alpha value is -0.290. The van der Waals surface area contributed by atoms with Gasteiger partial charge in [-0.25, -0.2) is 0 Å². The number of nitrogens with zero attached hydrogens (tertiary/aromatic N) is 2. The summed E-state index contributed by atoms with van der Waals surface area (Å²) in [4.78, 5) is 0. The van der Waals surface area contributed by atoms with Crippen molar-refractivity contribution in [3.8, 4) is 0 Å². The minimum absolute atomic E-state index is 0.713. The van der Waals surface area contributed by atoms with E-state index in [4.69, 9.17) is 0 Å². The van der Waals surface area contributed by atoms with Gasteiger partial charge in [-0.05, 0) is 24.9 Å². The van der Waals surface area contributed by atoms with E-state index >= 15 is 0 Å². The Kier molecular flexibility index (Phi) is 3.14. The molecule has 0 saturated heterocycles. The Morgan fingerprint density at radius 3 is 2.82 bits per heavy atom. The topological polar surface area (TPSA) is 42.9 Å². The second kappa shape index (κ2) is 3.92. The molecule has 0 bridgehead atoms. The zero-order valence-corrected chi connectivity index (χ0v) is 8.17. The summed E-state index contributed by atoms with van der Waals surface area (Å²) >= 11 is 1.24. The van der Waals surface area contributed by atoms with Crippen LogP contribution < -0.4 is 0 Å². The van der Waals surface area contributed by atoms with Crippen LogP contribution in [0.4, 0.5) is 0 Å². The minimum Gasteiger partial charge on any atom is -0.253 e. The average molecular weight is 190 g/mol. The summed E-state index contributed by atoms with van der Waals surface area (Å²) < 4.78 is 15.9. The molecule has 11 heavy (non-hydrogen) atoms. The van der Waals surface area contributed by atoms with Crippen molar-refractivity contribution in [1.29, 1.82) is 0 Å². The Morgan fingerprint density at radius 1 is 1.64 bits per heavy atom. The number of aromatic nitrogens is 2. The number of hydrogen-bond acceptors (Lipinski definition) is 4. The zero-order valence-electron chi connectivity index (χ0n) is 6.53. The second-order valence-electron chi connectivity index (χ2n) is 2.20. The predicted octanol–water partition coefficient (Wildman–Crippen LogP) is 1.36. The molecule has 0 unspecified atom stereocenters. The average Bonchev–Trinajstić information content (AvgIpc) is 2.36. The molecule has 62 valence electrons. The summed E-state index contributed by atoms with van der Waals surface area (Å²) in [6, 6.07) is 0. The van der Waals surface area contributed by atoms with Crippen LogP contribution in [0.3, 0.4) is 0 Å². The number of aryl methyl sites for hydroxylation is 1. The van der Waals surface area contributed by atoms with Crippen molar-refractivity contribution in [1.82, 2.24) is 9.59 Å². The summed E-state index contributed by atoms with van der Waals surface area (Å²) in [6.45, 7) is 3.86. The van der Waals surface area contributed by atoms with Crippen molar-refractivity contribution in [3.63, 3.8) is 0 Å². The standard InChI is InChI=1S/C6H10N2OS2/c1-3-4-11(9)6-5(2)7-8-10-6/h3-4H2,1-2H3/t11-/m0/s1. The Labute approximate surface area is 72.5 Å². The molecule has 0 aliphatic heterocycles. The summed E-state index contributed by atoms with van der Waals surface area (Å²) in [5.74, 6) is 0.713. The van der Waals surface area contributed by atoms with Gasteiger partial charge >= 0.3 is 0 Å². The predicted molar refractivity (Wildman–Crippen MR) is 46.2 cm³/mol. The van der Waals surface area contributed by atoms with Gasteiger partial charge in [-0.2, -0.15) is 0 Å². The molecule has 1 heterocycles. The lowest BCUT2D eigenvalue weighted by atomic mass is 10.6. The van der Waals surface area contributed by atoms with Crippen LogP contribution in [0, 0.1) is 6.92 Å². The molecule has 0 fully saturated rings. The van der Waals surface area contributed by atoms with E-state index in [1.165, 1.54) is 11.5 Å². The van der Waals surface area contributed by atoms with Gasteiger partial charge in [-0.1, -0.05) is 11.4 Å². The molecule has 1 aromatic rings. The van der Waals surface area contributed by atoms with Crippen LogP contribution in [0.1, 0.15) is 19.0 Å². The normalized spacial score (nSPS) is 13.3. The summed E-state index contributed by atoms with van der Waals surface area (Å²) in [5.41, 5.74) is 0.807. The fraction of sp³-hybridized carbons (Fsp3) is 0.667. The van der Waals surface area contributed by atoms with Crippen LogP contribution in [-0.2, 0) is 10.8 Å². The monoisotopic (exact) mass is 190 g/mol. The largest absolute Gasteiger partial charge is 0.253 e. The molecule has 0 aliphatic carbocycles. The molecule has 0 radical (unpaired) electrons. The first-order valence-electron chi connectivity index (χ1n) is 3.43. The van der Waals surface area contributed by atoms with E-state index in [-0.39, 0.29) is 0 Å². The van der Waals surface area contributed by atoms with Crippen molar-refractivity contribution in [2.75, 3.05) is 5.75 Å². The number of rotatable bonds is 3. The minimum atomic E-state index is -0.870. The quantitative estimate of drug-likeness (QED) is 0.723. The fourth-order valence-electron chi connectivity index (χ4n) is 0.710. The smallest absolute Gasteiger partial charge is 0.135 e. The van der Waals surface area contributed by atoms with E-state index in [9.17, 15) is 4.21 Å². The van der Waals surface area contributed by atoms with Crippen molar-refractivity contribution in [2.24, 2.45) is 0 Å². The molecule has 3 nitrogen and oxygen atoms in total. The molecule has 0 aromatic carbocycles. The molecule has 0 saturated carbocycles. The molecule has 0 amide bonds. The zero-order chi connectivity index (χ0) is 8.27. The first-order valence-corrected chi connectivity index (χ1v) is 5.52. The third kappa shape index (κ3) is 2.07. The van der Waals surface area contributed by atoms with Crippen molar-refractivity contribution >= 4 is 22.3 Å². The van der Waals surface area contributed by atoms with E-state index in [0.717, 1.165) is 16.3 Å². The van der Waals surface area contributed by atoms with E-state index < -0.39 is 10.8 Å². The van der Waals surface area contributed by atoms with Crippen LogP contribution in [-0.4, -0.2) is 19.5 Å². The third-order valence-corrected chi connectivity index (χ3v) is 4.10. The number of hydrogen-bond donors (Lipinski definition) is 0. The lowest BCUT2D eigenvalue weighted by Crippen LogP contribution is -1.95. The Bertz CT molecular complexity index is 259. The van der Waals surface area contributed by atoms with Crippen LogP contribution in [0.25, 0.3) is 0 Å². The molecule has 1 atom stereocenters. The molecule has 0 aliphatic rings. The van der Waals surface area contributed by atoms with Crippen LogP contribution in [0.15, 0.2) is 4.21 Å². The summed E-state index contributed by atoms with van der Waals surface area (Å²) in [7, 11) is -0.870. The van der Waals surface area contributed by atoms with E-state index in [0.29, 0.717) is 5.75 Å². The van der Waals surface area contributed by atoms with E-state index in [1.54, 1.807) is 0 Å². The first-order chi connectivity index (χ1) is 5.25. The van der Waals surface area contributed by atoms with Gasteiger partial charge in [0.1, 0.15) is 4.21 Å². The SMILES string of the molecule is CCC[S@](=O)c1snnc1C. The maximum atomic E-state index is 11.4. The van der Waals surface area contributed by atoms with Gasteiger partial charge in [0.05, 0.1) is 16.5 Å². The third-order valence-electron chi connectivity index (χ3n) is 1.21.